The average molecular weight is 298 g/mol. The number of benzene rings is 1. The van der Waals surface area contributed by atoms with Crippen molar-refractivity contribution in [3.05, 3.63) is 29.8 Å². The summed E-state index contributed by atoms with van der Waals surface area (Å²) in [6, 6.07) is 5.64. The minimum atomic E-state index is -3.69. The van der Waals surface area contributed by atoms with E-state index in [1.807, 2.05) is 27.7 Å². The van der Waals surface area contributed by atoms with Crippen molar-refractivity contribution in [2.45, 2.75) is 51.1 Å². The Morgan fingerprint density at radius 2 is 1.65 bits per heavy atom. The van der Waals surface area contributed by atoms with Gasteiger partial charge in [-0.15, -0.1) is 0 Å². The molecule has 1 unspecified atom stereocenters. The maximum atomic E-state index is 12.1. The number of sulfonamides is 1. The third-order valence-electron chi connectivity index (χ3n) is 2.55. The Morgan fingerprint density at radius 1 is 1.15 bits per heavy atom. The van der Waals surface area contributed by atoms with Gasteiger partial charge in [-0.3, -0.25) is 4.79 Å². The van der Waals surface area contributed by atoms with Gasteiger partial charge in [-0.1, -0.05) is 17.7 Å². The minimum Gasteiger partial charge on any atom is -0.350 e. The van der Waals surface area contributed by atoms with Crippen molar-refractivity contribution < 1.29 is 13.2 Å². The van der Waals surface area contributed by atoms with E-state index in [0.717, 1.165) is 5.56 Å². The van der Waals surface area contributed by atoms with E-state index in [0.29, 0.717) is 0 Å². The number of rotatable bonds is 4. The summed E-state index contributed by atoms with van der Waals surface area (Å²) in [7, 11) is -3.69. The Morgan fingerprint density at radius 3 is 2.10 bits per heavy atom. The molecule has 0 heterocycles. The van der Waals surface area contributed by atoms with Gasteiger partial charge >= 0.3 is 0 Å². The molecule has 0 spiro atoms. The molecule has 0 saturated carbocycles. The number of carbonyl (C=O) groups excluding carboxylic acids is 1. The molecule has 0 aliphatic rings. The topological polar surface area (TPSA) is 75.3 Å². The Balaban J connectivity index is 2.81. The van der Waals surface area contributed by atoms with E-state index >= 15 is 0 Å². The van der Waals surface area contributed by atoms with Crippen molar-refractivity contribution in [2.24, 2.45) is 0 Å². The fourth-order valence-corrected chi connectivity index (χ4v) is 2.75. The van der Waals surface area contributed by atoms with Crippen LogP contribution in [0.25, 0.3) is 0 Å². The Bertz CT molecular complexity index is 571. The van der Waals surface area contributed by atoms with Crippen LogP contribution in [-0.2, 0) is 14.8 Å². The third-order valence-corrected chi connectivity index (χ3v) is 4.11. The molecule has 1 atom stereocenters. The van der Waals surface area contributed by atoms with Gasteiger partial charge in [0.1, 0.15) is 0 Å². The number of amides is 1. The highest BCUT2D eigenvalue weighted by molar-refractivity contribution is 7.89. The summed E-state index contributed by atoms with van der Waals surface area (Å²) in [4.78, 5) is 12.0. The lowest BCUT2D eigenvalue weighted by atomic mass is 10.1. The van der Waals surface area contributed by atoms with Gasteiger partial charge in [0.15, 0.2) is 0 Å². The molecule has 0 saturated heterocycles. The Labute approximate surface area is 120 Å². The zero-order valence-corrected chi connectivity index (χ0v) is 13.3. The molecule has 112 valence electrons. The summed E-state index contributed by atoms with van der Waals surface area (Å²) >= 11 is 0. The number of nitrogens with one attached hydrogen (secondary N) is 2. The van der Waals surface area contributed by atoms with Crippen LogP contribution in [-0.4, -0.2) is 25.9 Å². The number of carbonyl (C=O) groups is 1. The van der Waals surface area contributed by atoms with Gasteiger partial charge < -0.3 is 5.32 Å². The largest absolute Gasteiger partial charge is 0.350 e. The normalized spacial score (nSPS) is 13.8. The van der Waals surface area contributed by atoms with Crippen molar-refractivity contribution in [1.82, 2.24) is 10.0 Å². The molecule has 1 amide bonds. The van der Waals surface area contributed by atoms with Gasteiger partial charge in [-0.05, 0) is 46.8 Å². The first kappa shape index (κ1) is 16.7. The van der Waals surface area contributed by atoms with Gasteiger partial charge in [0, 0.05) is 5.54 Å². The maximum absolute atomic E-state index is 12.1. The molecule has 0 radical (unpaired) electrons. The summed E-state index contributed by atoms with van der Waals surface area (Å²) in [6.45, 7) is 8.92. The van der Waals surface area contributed by atoms with Crippen molar-refractivity contribution in [3.8, 4) is 0 Å². The second kappa shape index (κ2) is 5.93. The molecule has 5 nitrogen and oxygen atoms in total. The molecular weight excluding hydrogens is 276 g/mol. The molecule has 0 aromatic heterocycles. The molecule has 20 heavy (non-hydrogen) atoms. The van der Waals surface area contributed by atoms with E-state index in [2.05, 4.69) is 10.0 Å². The second-order valence-corrected chi connectivity index (χ2v) is 7.61. The molecule has 0 aliphatic heterocycles. The van der Waals surface area contributed by atoms with E-state index < -0.39 is 21.6 Å². The van der Waals surface area contributed by atoms with Crippen LogP contribution in [0.4, 0.5) is 0 Å². The highest BCUT2D eigenvalue weighted by Crippen LogP contribution is 2.10. The summed E-state index contributed by atoms with van der Waals surface area (Å²) < 4.78 is 26.6. The van der Waals surface area contributed by atoms with Crippen LogP contribution in [0.1, 0.15) is 33.3 Å². The molecule has 0 bridgehead atoms. The third kappa shape index (κ3) is 4.94. The lowest BCUT2D eigenvalue weighted by Gasteiger charge is -2.23. The fraction of sp³-hybridized carbons (Fsp3) is 0.500. The molecule has 1 rings (SSSR count). The molecular formula is C14H22N2O3S. The number of hydrogen-bond acceptors (Lipinski definition) is 3. The SMILES string of the molecule is Cc1ccc(S(=O)(=O)NC(C)C(=O)NC(C)(C)C)cc1. The number of hydrogen-bond donors (Lipinski definition) is 2. The van der Waals surface area contributed by atoms with Crippen molar-refractivity contribution in [3.63, 3.8) is 0 Å². The molecule has 2 N–H and O–H groups in total. The Kier molecular flexibility index (Phi) is 4.94. The summed E-state index contributed by atoms with van der Waals surface area (Å²) in [5.74, 6) is -0.354. The smallest absolute Gasteiger partial charge is 0.241 e. The van der Waals surface area contributed by atoms with E-state index in [1.54, 1.807) is 12.1 Å². The average Bonchev–Trinajstić information content (AvgIpc) is 2.26. The number of aryl methyl sites for hydroxylation is 1. The standard InChI is InChI=1S/C14H22N2O3S/c1-10-6-8-12(9-7-10)20(18,19)16-11(2)13(17)15-14(3,4)5/h6-9,11,16H,1-5H3,(H,15,17). The molecule has 1 aromatic carbocycles. The van der Waals surface area contributed by atoms with Crippen molar-refractivity contribution in [1.29, 1.82) is 0 Å². The van der Waals surface area contributed by atoms with Crippen LogP contribution in [0.5, 0.6) is 0 Å². The summed E-state index contributed by atoms with van der Waals surface area (Å²) in [5.41, 5.74) is 0.572. The molecule has 6 heteroatoms. The summed E-state index contributed by atoms with van der Waals surface area (Å²) in [6.07, 6.45) is 0. The maximum Gasteiger partial charge on any atom is 0.241 e. The van der Waals surface area contributed by atoms with E-state index in [9.17, 15) is 13.2 Å². The van der Waals surface area contributed by atoms with Crippen LogP contribution in [0.3, 0.4) is 0 Å². The first-order valence-electron chi connectivity index (χ1n) is 6.42. The predicted molar refractivity (Wildman–Crippen MR) is 78.9 cm³/mol. The van der Waals surface area contributed by atoms with E-state index in [-0.39, 0.29) is 10.8 Å². The second-order valence-electron chi connectivity index (χ2n) is 5.90. The van der Waals surface area contributed by atoms with Crippen LogP contribution < -0.4 is 10.0 Å². The van der Waals surface area contributed by atoms with Crippen LogP contribution in [0.15, 0.2) is 29.2 Å². The summed E-state index contributed by atoms with van der Waals surface area (Å²) in [5, 5.41) is 2.74. The lowest BCUT2D eigenvalue weighted by molar-refractivity contribution is -0.123. The Hall–Kier alpha value is -1.40. The van der Waals surface area contributed by atoms with Crippen LogP contribution in [0, 0.1) is 6.92 Å². The van der Waals surface area contributed by atoms with Crippen molar-refractivity contribution >= 4 is 15.9 Å². The van der Waals surface area contributed by atoms with E-state index in [1.165, 1.54) is 19.1 Å². The van der Waals surface area contributed by atoms with Gasteiger partial charge in [-0.25, -0.2) is 8.42 Å². The van der Waals surface area contributed by atoms with Gasteiger partial charge in [0.25, 0.3) is 0 Å². The highest BCUT2D eigenvalue weighted by Gasteiger charge is 2.24. The predicted octanol–water partition coefficient (Wildman–Crippen LogP) is 1.58. The highest BCUT2D eigenvalue weighted by atomic mass is 32.2. The first-order valence-corrected chi connectivity index (χ1v) is 7.90. The van der Waals surface area contributed by atoms with Crippen molar-refractivity contribution in [2.75, 3.05) is 0 Å². The molecule has 1 aromatic rings. The molecule has 0 fully saturated rings. The van der Waals surface area contributed by atoms with Gasteiger partial charge in [0.05, 0.1) is 10.9 Å². The zero-order chi connectivity index (χ0) is 15.6. The first-order chi connectivity index (χ1) is 9.01. The van der Waals surface area contributed by atoms with Crippen LogP contribution >= 0.6 is 0 Å². The van der Waals surface area contributed by atoms with E-state index in [4.69, 9.17) is 0 Å². The quantitative estimate of drug-likeness (QED) is 0.886. The van der Waals surface area contributed by atoms with Gasteiger partial charge in [0.2, 0.25) is 15.9 Å². The molecule has 0 aliphatic carbocycles. The van der Waals surface area contributed by atoms with Gasteiger partial charge in [-0.2, -0.15) is 4.72 Å². The minimum absolute atomic E-state index is 0.151. The van der Waals surface area contributed by atoms with Crippen LogP contribution in [0.2, 0.25) is 0 Å². The lowest BCUT2D eigenvalue weighted by Crippen LogP contribution is -2.50. The fourth-order valence-electron chi connectivity index (χ4n) is 1.55. The monoisotopic (exact) mass is 298 g/mol. The zero-order valence-electron chi connectivity index (χ0n) is 12.5.